The number of carbonyl (C=O) groups excluding carboxylic acids is 2. The van der Waals surface area contributed by atoms with Crippen molar-refractivity contribution in [2.45, 2.75) is 70.6 Å². The summed E-state index contributed by atoms with van der Waals surface area (Å²) in [6.07, 6.45) is 10.1. The molecule has 0 bridgehead atoms. The van der Waals surface area contributed by atoms with Crippen LogP contribution < -0.4 is 11.1 Å². The molecule has 2 aliphatic rings. The van der Waals surface area contributed by atoms with Gasteiger partial charge in [0, 0.05) is 24.2 Å². The first-order chi connectivity index (χ1) is 18.4. The second kappa shape index (κ2) is 10.8. The Balaban J connectivity index is 1.80. The standard InChI is InChI=1S/C29H32F3N5O2/c1-5-13-36(14-6-2)22-10-8-7-9-20(22)34-21-15-18(11-12-19(21)27(33)39)37-23-16-28(3,4)17-24(38)25(23)26(35-37)29(30,31)32/h1-2,11-12,15,20,22,34H,7-10,13-14,16-17H2,3-4H3,(H2,33,39)/t20-,22-/m1/s1. The number of amides is 1. The van der Waals surface area contributed by atoms with E-state index in [1.165, 1.54) is 16.8 Å². The van der Waals surface area contributed by atoms with Crippen LogP contribution >= 0.6 is 0 Å². The van der Waals surface area contributed by atoms with Gasteiger partial charge in [-0.15, -0.1) is 12.8 Å². The first-order valence-electron chi connectivity index (χ1n) is 12.9. The summed E-state index contributed by atoms with van der Waals surface area (Å²) in [4.78, 5) is 27.2. The zero-order chi connectivity index (χ0) is 28.5. The monoisotopic (exact) mass is 539 g/mol. The molecule has 0 saturated heterocycles. The smallest absolute Gasteiger partial charge is 0.380 e. The van der Waals surface area contributed by atoms with Crippen molar-refractivity contribution in [3.05, 3.63) is 40.7 Å². The average molecular weight is 540 g/mol. The molecule has 2 atom stereocenters. The number of primary amides is 1. The van der Waals surface area contributed by atoms with E-state index in [9.17, 15) is 22.8 Å². The lowest BCUT2D eigenvalue weighted by Crippen LogP contribution is -2.49. The van der Waals surface area contributed by atoms with E-state index in [4.69, 9.17) is 18.6 Å². The highest BCUT2D eigenvalue weighted by atomic mass is 19.4. The number of carbonyl (C=O) groups is 2. The molecule has 7 nitrogen and oxygen atoms in total. The second-order valence-corrected chi connectivity index (χ2v) is 11.0. The maximum absolute atomic E-state index is 13.9. The van der Waals surface area contributed by atoms with Gasteiger partial charge in [-0.1, -0.05) is 38.5 Å². The highest BCUT2D eigenvalue weighted by Crippen LogP contribution is 2.42. The van der Waals surface area contributed by atoms with Gasteiger partial charge in [0.1, 0.15) is 0 Å². The topological polar surface area (TPSA) is 93.2 Å². The van der Waals surface area contributed by atoms with E-state index in [0.29, 0.717) is 18.8 Å². The van der Waals surface area contributed by atoms with Crippen molar-refractivity contribution in [1.82, 2.24) is 14.7 Å². The van der Waals surface area contributed by atoms with E-state index >= 15 is 0 Å². The Morgan fingerprint density at radius 1 is 1.21 bits per heavy atom. The Kier molecular flexibility index (Phi) is 7.81. The quantitative estimate of drug-likeness (QED) is 0.508. The van der Waals surface area contributed by atoms with Gasteiger partial charge in [0.15, 0.2) is 11.5 Å². The van der Waals surface area contributed by atoms with Gasteiger partial charge >= 0.3 is 6.18 Å². The molecular weight excluding hydrogens is 507 g/mol. The number of Topliss-reactive ketones (excluding diaryl/α,β-unsaturated/α-hetero) is 1. The van der Waals surface area contributed by atoms with Crippen molar-refractivity contribution >= 4 is 17.4 Å². The van der Waals surface area contributed by atoms with E-state index in [1.807, 2.05) is 18.7 Å². The van der Waals surface area contributed by atoms with Crippen LogP contribution in [0, 0.1) is 30.1 Å². The lowest BCUT2D eigenvalue weighted by atomic mass is 9.75. The molecule has 1 amide bonds. The lowest BCUT2D eigenvalue weighted by molar-refractivity contribution is -0.141. The van der Waals surface area contributed by atoms with Crippen molar-refractivity contribution < 1.29 is 22.8 Å². The molecule has 0 spiro atoms. The first-order valence-corrected chi connectivity index (χ1v) is 12.9. The number of rotatable bonds is 7. The van der Waals surface area contributed by atoms with Gasteiger partial charge < -0.3 is 11.1 Å². The van der Waals surface area contributed by atoms with E-state index in [-0.39, 0.29) is 47.4 Å². The van der Waals surface area contributed by atoms with Crippen LogP contribution in [0.1, 0.15) is 78.1 Å². The zero-order valence-electron chi connectivity index (χ0n) is 22.1. The van der Waals surface area contributed by atoms with Gasteiger partial charge in [-0.05, 0) is 42.9 Å². The van der Waals surface area contributed by atoms with Crippen LogP contribution in [0.15, 0.2) is 18.2 Å². The van der Waals surface area contributed by atoms with E-state index in [2.05, 4.69) is 22.3 Å². The second-order valence-electron chi connectivity index (χ2n) is 11.0. The summed E-state index contributed by atoms with van der Waals surface area (Å²) in [5.74, 6) is 4.02. The summed E-state index contributed by atoms with van der Waals surface area (Å²) in [7, 11) is 0. The van der Waals surface area contributed by atoms with Crippen LogP contribution in [0.25, 0.3) is 5.69 Å². The molecule has 1 aromatic heterocycles. The zero-order valence-corrected chi connectivity index (χ0v) is 22.1. The maximum atomic E-state index is 13.9. The van der Waals surface area contributed by atoms with Crippen LogP contribution in [0.2, 0.25) is 0 Å². The van der Waals surface area contributed by atoms with Crippen LogP contribution in [0.3, 0.4) is 0 Å². The molecule has 0 radical (unpaired) electrons. The summed E-state index contributed by atoms with van der Waals surface area (Å²) in [5.41, 5.74) is 4.60. The molecule has 1 fully saturated rings. The number of benzene rings is 1. The highest BCUT2D eigenvalue weighted by Gasteiger charge is 2.45. The van der Waals surface area contributed by atoms with Crippen molar-refractivity contribution in [3.8, 4) is 30.4 Å². The van der Waals surface area contributed by atoms with Crippen LogP contribution in [-0.4, -0.2) is 51.5 Å². The van der Waals surface area contributed by atoms with Crippen molar-refractivity contribution in [3.63, 3.8) is 0 Å². The fraction of sp³-hybridized carbons (Fsp3) is 0.483. The number of anilines is 1. The molecule has 3 N–H and O–H groups in total. The average Bonchev–Trinajstić information content (AvgIpc) is 3.23. The van der Waals surface area contributed by atoms with Crippen molar-refractivity contribution in [2.24, 2.45) is 11.1 Å². The van der Waals surface area contributed by atoms with Crippen molar-refractivity contribution in [2.75, 3.05) is 18.4 Å². The SMILES string of the molecule is C#CCN(CC#C)[C@@H]1CCCC[C@H]1Nc1cc(-n2nc(C(F)(F)F)c3c2CC(C)(C)CC3=O)ccc1C(N)=O. The Morgan fingerprint density at radius 3 is 2.49 bits per heavy atom. The normalized spacial score (nSPS) is 20.7. The predicted octanol–water partition coefficient (Wildman–Crippen LogP) is 4.44. The fourth-order valence-corrected chi connectivity index (χ4v) is 5.80. The third-order valence-corrected chi connectivity index (χ3v) is 7.45. The first kappa shape index (κ1) is 28.3. The number of fused-ring (bicyclic) bond motifs is 1. The number of hydrogen-bond donors (Lipinski definition) is 2. The number of ketones is 1. The minimum absolute atomic E-state index is 0.00290. The number of hydrogen-bond acceptors (Lipinski definition) is 5. The maximum Gasteiger partial charge on any atom is 0.435 e. The number of aromatic nitrogens is 2. The van der Waals surface area contributed by atoms with Crippen LogP contribution in [0.4, 0.5) is 18.9 Å². The van der Waals surface area contributed by atoms with Gasteiger partial charge in [0.25, 0.3) is 5.91 Å². The molecule has 206 valence electrons. The minimum Gasteiger partial charge on any atom is -0.380 e. The van der Waals surface area contributed by atoms with Gasteiger partial charge in [0.2, 0.25) is 0 Å². The molecule has 1 saturated carbocycles. The number of nitrogens with two attached hydrogens (primary N) is 1. The molecule has 1 heterocycles. The fourth-order valence-electron chi connectivity index (χ4n) is 5.80. The van der Waals surface area contributed by atoms with Crippen LogP contribution in [-0.2, 0) is 12.6 Å². The number of terminal acetylenes is 2. The van der Waals surface area contributed by atoms with E-state index in [0.717, 1.165) is 25.7 Å². The molecule has 10 heteroatoms. The Bertz CT molecular complexity index is 1350. The summed E-state index contributed by atoms with van der Waals surface area (Å²) in [6.45, 7) is 4.39. The van der Waals surface area contributed by atoms with Gasteiger partial charge in [-0.25, -0.2) is 4.68 Å². The summed E-state index contributed by atoms with van der Waals surface area (Å²) in [6, 6.07) is 4.38. The molecule has 0 unspecified atom stereocenters. The number of nitrogens with zero attached hydrogens (tertiary/aromatic N) is 3. The molecular formula is C29H32F3N5O2. The molecule has 1 aromatic carbocycles. The molecule has 39 heavy (non-hydrogen) atoms. The predicted molar refractivity (Wildman–Crippen MR) is 142 cm³/mol. The van der Waals surface area contributed by atoms with Crippen molar-refractivity contribution in [1.29, 1.82) is 0 Å². The van der Waals surface area contributed by atoms with Gasteiger partial charge in [0.05, 0.1) is 35.6 Å². The number of halogens is 3. The number of alkyl halides is 3. The lowest BCUT2D eigenvalue weighted by Gasteiger charge is -2.39. The largest absolute Gasteiger partial charge is 0.435 e. The van der Waals surface area contributed by atoms with E-state index in [1.54, 1.807) is 6.07 Å². The van der Waals surface area contributed by atoms with Gasteiger partial charge in [-0.3, -0.25) is 14.5 Å². The minimum atomic E-state index is -4.80. The Morgan fingerprint density at radius 2 is 1.87 bits per heavy atom. The van der Waals surface area contributed by atoms with Crippen LogP contribution in [0.5, 0.6) is 0 Å². The molecule has 4 rings (SSSR count). The Labute approximate surface area is 226 Å². The summed E-state index contributed by atoms with van der Waals surface area (Å²) in [5, 5.41) is 7.30. The molecule has 0 aliphatic heterocycles. The number of nitrogens with one attached hydrogen (secondary N) is 1. The summed E-state index contributed by atoms with van der Waals surface area (Å²) < 4.78 is 43.0. The highest BCUT2D eigenvalue weighted by molar-refractivity contribution is 6.00. The molecule has 2 aromatic rings. The third-order valence-electron chi connectivity index (χ3n) is 7.45. The van der Waals surface area contributed by atoms with E-state index < -0.39 is 29.0 Å². The third kappa shape index (κ3) is 5.81. The van der Waals surface area contributed by atoms with Gasteiger partial charge in [-0.2, -0.15) is 18.3 Å². The summed E-state index contributed by atoms with van der Waals surface area (Å²) >= 11 is 0. The molecule has 2 aliphatic carbocycles. The Hall–Kier alpha value is -3.76.